The van der Waals surface area contributed by atoms with Crippen LogP contribution in [-0.4, -0.2) is 16.6 Å². The van der Waals surface area contributed by atoms with Gasteiger partial charge in [0, 0.05) is 6.04 Å². The molecule has 1 fully saturated rings. The Balaban J connectivity index is 2.04. The molecule has 1 aliphatic rings. The molecule has 1 N–H and O–H groups in total. The number of nitrogens with zero attached hydrogens (tertiary/aromatic N) is 2. The van der Waals surface area contributed by atoms with Crippen LogP contribution in [0.1, 0.15) is 49.2 Å². The van der Waals surface area contributed by atoms with E-state index < -0.39 is 0 Å². The molecule has 0 spiro atoms. The number of aryl methyl sites for hydroxylation is 1. The molecule has 3 nitrogen and oxygen atoms in total. The molecule has 0 aliphatic heterocycles. The standard InChI is InChI=1S/C11H19N3S/c1-3-9-11(15-14-13-9)10(12-2)7-8-5-4-6-8/h8,10,12H,3-7H2,1-2H3. The van der Waals surface area contributed by atoms with Crippen molar-refractivity contribution in [1.82, 2.24) is 14.9 Å². The molecule has 2 rings (SSSR count). The lowest BCUT2D eigenvalue weighted by Crippen LogP contribution is -2.23. The van der Waals surface area contributed by atoms with E-state index in [-0.39, 0.29) is 0 Å². The molecule has 1 saturated carbocycles. The van der Waals surface area contributed by atoms with Crippen molar-refractivity contribution in [3.63, 3.8) is 0 Å². The summed E-state index contributed by atoms with van der Waals surface area (Å²) in [5.41, 5.74) is 1.18. The van der Waals surface area contributed by atoms with E-state index in [1.807, 2.05) is 7.05 Å². The molecule has 0 radical (unpaired) electrons. The Kier molecular flexibility index (Phi) is 3.70. The van der Waals surface area contributed by atoms with Crippen molar-refractivity contribution in [2.75, 3.05) is 7.05 Å². The van der Waals surface area contributed by atoms with Crippen molar-refractivity contribution in [3.8, 4) is 0 Å². The fraction of sp³-hybridized carbons (Fsp3) is 0.818. The van der Waals surface area contributed by atoms with Crippen LogP contribution in [0.15, 0.2) is 0 Å². The average Bonchev–Trinajstić information content (AvgIpc) is 2.64. The number of hydrogen-bond acceptors (Lipinski definition) is 4. The molecule has 1 aromatic heterocycles. The van der Waals surface area contributed by atoms with E-state index in [9.17, 15) is 0 Å². The largest absolute Gasteiger partial charge is 0.312 e. The summed E-state index contributed by atoms with van der Waals surface area (Å²) >= 11 is 1.56. The highest BCUT2D eigenvalue weighted by atomic mass is 32.1. The van der Waals surface area contributed by atoms with Gasteiger partial charge in [0.1, 0.15) is 0 Å². The Labute approximate surface area is 95.4 Å². The Morgan fingerprint density at radius 3 is 2.87 bits per heavy atom. The third kappa shape index (κ3) is 2.37. The first-order valence-electron chi connectivity index (χ1n) is 5.83. The third-order valence-corrected chi connectivity index (χ3v) is 4.26. The Morgan fingerprint density at radius 2 is 2.33 bits per heavy atom. The van der Waals surface area contributed by atoms with Gasteiger partial charge in [-0.25, -0.2) is 0 Å². The summed E-state index contributed by atoms with van der Waals surface area (Å²) in [6.45, 7) is 2.15. The lowest BCUT2D eigenvalue weighted by atomic mass is 9.80. The Bertz CT molecular complexity index is 307. The summed E-state index contributed by atoms with van der Waals surface area (Å²) in [6, 6.07) is 0.477. The van der Waals surface area contributed by atoms with Gasteiger partial charge in [-0.3, -0.25) is 0 Å². The van der Waals surface area contributed by atoms with E-state index in [4.69, 9.17) is 0 Å². The van der Waals surface area contributed by atoms with Crippen molar-refractivity contribution in [2.45, 2.75) is 45.1 Å². The van der Waals surface area contributed by atoms with Crippen LogP contribution in [0.2, 0.25) is 0 Å². The maximum atomic E-state index is 4.18. The summed E-state index contributed by atoms with van der Waals surface area (Å²) in [5, 5.41) is 7.59. The van der Waals surface area contributed by atoms with Crippen LogP contribution in [-0.2, 0) is 6.42 Å². The molecule has 1 atom stereocenters. The van der Waals surface area contributed by atoms with E-state index in [0.29, 0.717) is 6.04 Å². The second kappa shape index (κ2) is 5.03. The summed E-state index contributed by atoms with van der Waals surface area (Å²) in [6.07, 6.45) is 6.49. The maximum absolute atomic E-state index is 4.18. The molecule has 84 valence electrons. The average molecular weight is 225 g/mol. The monoisotopic (exact) mass is 225 g/mol. The number of aromatic nitrogens is 2. The van der Waals surface area contributed by atoms with Crippen molar-refractivity contribution in [2.24, 2.45) is 5.92 Å². The first-order chi connectivity index (χ1) is 7.35. The second-order valence-electron chi connectivity index (χ2n) is 4.31. The molecule has 1 unspecified atom stereocenters. The van der Waals surface area contributed by atoms with Gasteiger partial charge in [-0.15, -0.1) is 5.10 Å². The molecular weight excluding hydrogens is 206 g/mol. The van der Waals surface area contributed by atoms with Crippen LogP contribution in [0.25, 0.3) is 0 Å². The topological polar surface area (TPSA) is 37.8 Å². The fourth-order valence-corrected chi connectivity index (χ4v) is 3.00. The van der Waals surface area contributed by atoms with Gasteiger partial charge in [0.15, 0.2) is 0 Å². The predicted octanol–water partition coefficient (Wildman–Crippen LogP) is 2.55. The van der Waals surface area contributed by atoms with Gasteiger partial charge in [0.25, 0.3) is 0 Å². The first kappa shape index (κ1) is 11.0. The lowest BCUT2D eigenvalue weighted by molar-refractivity contribution is 0.266. The van der Waals surface area contributed by atoms with E-state index in [1.165, 1.54) is 36.3 Å². The third-order valence-electron chi connectivity index (χ3n) is 3.38. The molecule has 1 aromatic rings. The van der Waals surface area contributed by atoms with Crippen LogP contribution in [0.3, 0.4) is 0 Å². The maximum Gasteiger partial charge on any atom is 0.0800 e. The normalized spacial score (nSPS) is 18.8. The van der Waals surface area contributed by atoms with E-state index in [2.05, 4.69) is 21.8 Å². The van der Waals surface area contributed by atoms with Crippen molar-refractivity contribution in [1.29, 1.82) is 0 Å². The second-order valence-corrected chi connectivity index (χ2v) is 5.10. The molecule has 1 aliphatic carbocycles. The lowest BCUT2D eigenvalue weighted by Gasteiger charge is -2.29. The summed E-state index contributed by atoms with van der Waals surface area (Å²) in [7, 11) is 2.04. The van der Waals surface area contributed by atoms with Crippen LogP contribution >= 0.6 is 11.5 Å². The molecule has 0 bridgehead atoms. The molecule has 15 heavy (non-hydrogen) atoms. The summed E-state index contributed by atoms with van der Waals surface area (Å²) < 4.78 is 4.06. The SMILES string of the molecule is CCc1nnsc1C(CC1CCC1)NC. The van der Waals surface area contributed by atoms with E-state index in [1.54, 1.807) is 11.5 Å². The molecule has 1 heterocycles. The zero-order valence-corrected chi connectivity index (χ0v) is 10.3. The van der Waals surface area contributed by atoms with Crippen LogP contribution < -0.4 is 5.32 Å². The van der Waals surface area contributed by atoms with Crippen LogP contribution in [0.4, 0.5) is 0 Å². The van der Waals surface area contributed by atoms with Crippen molar-refractivity contribution >= 4 is 11.5 Å². The zero-order valence-electron chi connectivity index (χ0n) is 9.49. The minimum absolute atomic E-state index is 0.477. The zero-order chi connectivity index (χ0) is 10.7. The van der Waals surface area contributed by atoms with Gasteiger partial charge in [-0.05, 0) is 37.3 Å². The quantitative estimate of drug-likeness (QED) is 0.837. The number of hydrogen-bond donors (Lipinski definition) is 1. The predicted molar refractivity (Wildman–Crippen MR) is 63.0 cm³/mol. The minimum Gasteiger partial charge on any atom is -0.312 e. The highest BCUT2D eigenvalue weighted by Gasteiger charge is 2.24. The van der Waals surface area contributed by atoms with Crippen molar-refractivity contribution in [3.05, 3.63) is 10.6 Å². The van der Waals surface area contributed by atoms with E-state index >= 15 is 0 Å². The van der Waals surface area contributed by atoms with Crippen molar-refractivity contribution < 1.29 is 0 Å². The van der Waals surface area contributed by atoms with Crippen LogP contribution in [0.5, 0.6) is 0 Å². The Morgan fingerprint density at radius 1 is 1.53 bits per heavy atom. The summed E-state index contributed by atoms with van der Waals surface area (Å²) in [4.78, 5) is 1.35. The Hall–Kier alpha value is -0.480. The van der Waals surface area contributed by atoms with Crippen LogP contribution in [0, 0.1) is 5.92 Å². The van der Waals surface area contributed by atoms with Gasteiger partial charge in [-0.1, -0.05) is 30.7 Å². The smallest absolute Gasteiger partial charge is 0.0800 e. The van der Waals surface area contributed by atoms with Gasteiger partial charge >= 0.3 is 0 Å². The van der Waals surface area contributed by atoms with Gasteiger partial charge in [0.2, 0.25) is 0 Å². The molecule has 0 amide bonds. The molecule has 0 saturated heterocycles. The van der Waals surface area contributed by atoms with Gasteiger partial charge in [0.05, 0.1) is 10.6 Å². The minimum atomic E-state index is 0.477. The van der Waals surface area contributed by atoms with Gasteiger partial charge < -0.3 is 5.32 Å². The summed E-state index contributed by atoms with van der Waals surface area (Å²) in [5.74, 6) is 0.925. The number of rotatable bonds is 5. The first-order valence-corrected chi connectivity index (χ1v) is 6.60. The molecule has 4 heteroatoms. The highest BCUT2D eigenvalue weighted by Crippen LogP contribution is 2.36. The molecular formula is C11H19N3S. The molecule has 0 aromatic carbocycles. The highest BCUT2D eigenvalue weighted by molar-refractivity contribution is 7.05. The van der Waals surface area contributed by atoms with Gasteiger partial charge in [-0.2, -0.15) is 0 Å². The fourth-order valence-electron chi connectivity index (χ4n) is 2.14. The number of nitrogens with one attached hydrogen (secondary N) is 1. The van der Waals surface area contributed by atoms with E-state index in [0.717, 1.165) is 12.3 Å².